The zero-order valence-corrected chi connectivity index (χ0v) is 15.9. The van der Waals surface area contributed by atoms with Gasteiger partial charge in [-0.05, 0) is 48.2 Å². The maximum absolute atomic E-state index is 12.5. The Morgan fingerprint density at radius 3 is 2.22 bits per heavy atom. The number of methoxy groups -OCH3 is 1. The van der Waals surface area contributed by atoms with Crippen LogP contribution in [0.25, 0.3) is 0 Å². The second-order valence-electron chi connectivity index (χ2n) is 7.40. The number of benzene rings is 2. The highest BCUT2D eigenvalue weighted by Gasteiger charge is 2.24. The van der Waals surface area contributed by atoms with Crippen LogP contribution in [-0.2, 0) is 17.6 Å². The fraction of sp³-hybridized carbons (Fsp3) is 0.409. The summed E-state index contributed by atoms with van der Waals surface area (Å²) in [6.07, 6.45) is 1.90. The van der Waals surface area contributed by atoms with Gasteiger partial charge in [-0.2, -0.15) is 0 Å². The number of hydrogen-bond donors (Lipinski definition) is 1. The lowest BCUT2D eigenvalue weighted by Crippen LogP contribution is -2.50. The molecule has 0 bridgehead atoms. The molecule has 2 aliphatic rings. The van der Waals surface area contributed by atoms with Crippen LogP contribution in [-0.4, -0.2) is 56.7 Å². The zero-order chi connectivity index (χ0) is 18.6. The Morgan fingerprint density at radius 2 is 1.63 bits per heavy atom. The van der Waals surface area contributed by atoms with Gasteiger partial charge in [0.15, 0.2) is 0 Å². The molecule has 1 amide bonds. The van der Waals surface area contributed by atoms with Crippen molar-refractivity contribution in [1.82, 2.24) is 10.2 Å². The molecule has 0 atom stereocenters. The van der Waals surface area contributed by atoms with Crippen molar-refractivity contribution < 1.29 is 9.53 Å². The van der Waals surface area contributed by atoms with Crippen molar-refractivity contribution in [2.45, 2.75) is 18.9 Å². The third-order valence-electron chi connectivity index (χ3n) is 5.59. The number of rotatable bonds is 5. The molecule has 0 aromatic heterocycles. The molecule has 1 aliphatic heterocycles. The Hall–Kier alpha value is -2.53. The lowest BCUT2D eigenvalue weighted by Gasteiger charge is -2.36. The Bertz CT molecular complexity index is 757. The topological polar surface area (TPSA) is 44.8 Å². The van der Waals surface area contributed by atoms with Crippen LogP contribution in [0.5, 0.6) is 5.75 Å². The first-order valence-corrected chi connectivity index (χ1v) is 9.69. The number of nitrogens with zero attached hydrogens (tertiary/aromatic N) is 2. The first-order valence-electron chi connectivity index (χ1n) is 9.69. The van der Waals surface area contributed by atoms with Gasteiger partial charge in [0, 0.05) is 37.9 Å². The van der Waals surface area contributed by atoms with Crippen molar-refractivity contribution in [2.24, 2.45) is 0 Å². The lowest BCUT2D eigenvalue weighted by molar-refractivity contribution is -0.123. The van der Waals surface area contributed by atoms with Crippen LogP contribution >= 0.6 is 0 Å². The number of carbonyl (C=O) groups excluding carboxylic acids is 1. The van der Waals surface area contributed by atoms with Gasteiger partial charge in [0.25, 0.3) is 0 Å². The average molecular weight is 365 g/mol. The van der Waals surface area contributed by atoms with E-state index in [-0.39, 0.29) is 11.9 Å². The van der Waals surface area contributed by atoms with Crippen molar-refractivity contribution in [2.75, 3.05) is 44.7 Å². The number of amides is 1. The molecule has 0 spiro atoms. The van der Waals surface area contributed by atoms with Gasteiger partial charge in [-0.1, -0.05) is 24.3 Å². The van der Waals surface area contributed by atoms with Crippen molar-refractivity contribution in [3.8, 4) is 5.75 Å². The molecule has 5 heteroatoms. The molecular weight excluding hydrogens is 338 g/mol. The normalized spacial score (nSPS) is 17.6. The Kier molecular flexibility index (Phi) is 5.30. The lowest BCUT2D eigenvalue weighted by atomic mass is 10.1. The maximum atomic E-state index is 12.5. The summed E-state index contributed by atoms with van der Waals surface area (Å²) in [5, 5.41) is 3.22. The van der Waals surface area contributed by atoms with Crippen molar-refractivity contribution in [1.29, 1.82) is 0 Å². The molecule has 2 aromatic carbocycles. The van der Waals surface area contributed by atoms with Crippen molar-refractivity contribution >= 4 is 11.6 Å². The minimum Gasteiger partial charge on any atom is -0.497 e. The molecule has 27 heavy (non-hydrogen) atoms. The molecule has 142 valence electrons. The highest BCUT2D eigenvalue weighted by atomic mass is 16.5. The minimum atomic E-state index is 0.144. The summed E-state index contributed by atoms with van der Waals surface area (Å²) >= 11 is 0. The predicted octanol–water partition coefficient (Wildman–Crippen LogP) is 2.10. The smallest absolute Gasteiger partial charge is 0.234 e. The largest absolute Gasteiger partial charge is 0.497 e. The monoisotopic (exact) mass is 365 g/mol. The molecule has 0 radical (unpaired) electrons. The summed E-state index contributed by atoms with van der Waals surface area (Å²) in [4.78, 5) is 17.1. The highest BCUT2D eigenvalue weighted by molar-refractivity contribution is 5.78. The highest BCUT2D eigenvalue weighted by Crippen LogP contribution is 2.22. The summed E-state index contributed by atoms with van der Waals surface area (Å²) in [5.74, 6) is 1.02. The third kappa shape index (κ3) is 4.25. The number of piperazine rings is 1. The van der Waals surface area contributed by atoms with E-state index in [4.69, 9.17) is 4.74 Å². The van der Waals surface area contributed by atoms with Crippen molar-refractivity contribution in [3.63, 3.8) is 0 Å². The summed E-state index contributed by atoms with van der Waals surface area (Å²) in [5.41, 5.74) is 3.95. The summed E-state index contributed by atoms with van der Waals surface area (Å²) < 4.78 is 5.22. The predicted molar refractivity (Wildman–Crippen MR) is 107 cm³/mol. The van der Waals surface area contributed by atoms with Crippen LogP contribution in [0.1, 0.15) is 11.1 Å². The van der Waals surface area contributed by atoms with E-state index in [9.17, 15) is 4.79 Å². The molecule has 4 rings (SSSR count). The number of carbonyl (C=O) groups is 1. The van der Waals surface area contributed by atoms with E-state index < -0.39 is 0 Å². The quantitative estimate of drug-likeness (QED) is 0.881. The fourth-order valence-electron chi connectivity index (χ4n) is 4.09. The van der Waals surface area contributed by atoms with Crippen LogP contribution in [0, 0.1) is 0 Å². The molecule has 1 fully saturated rings. The first kappa shape index (κ1) is 17.9. The second kappa shape index (κ2) is 8.01. The molecule has 1 saturated heterocycles. The second-order valence-corrected chi connectivity index (χ2v) is 7.40. The van der Waals surface area contributed by atoms with Gasteiger partial charge in [0.2, 0.25) is 5.91 Å². The minimum absolute atomic E-state index is 0.144. The van der Waals surface area contributed by atoms with E-state index in [1.165, 1.54) is 16.8 Å². The molecule has 5 nitrogen and oxygen atoms in total. The first-order chi connectivity index (χ1) is 13.2. The van der Waals surface area contributed by atoms with Crippen LogP contribution < -0.4 is 15.0 Å². The number of nitrogens with one attached hydrogen (secondary N) is 1. The number of ether oxygens (including phenoxy) is 1. The molecule has 2 aromatic rings. The standard InChI is InChI=1S/C22H27N3O2/c1-27-21-8-6-20(7-9-21)25-12-10-24(11-13-25)16-22(26)23-19-14-17-4-2-3-5-18(17)15-19/h2-9,19H,10-16H2,1H3,(H,23,26). The van der Waals surface area contributed by atoms with Gasteiger partial charge in [0.1, 0.15) is 5.75 Å². The van der Waals surface area contributed by atoms with E-state index in [1.54, 1.807) is 7.11 Å². The van der Waals surface area contributed by atoms with E-state index in [1.807, 2.05) is 12.1 Å². The third-order valence-corrected chi connectivity index (χ3v) is 5.59. The molecule has 1 aliphatic carbocycles. The Morgan fingerprint density at radius 1 is 1.00 bits per heavy atom. The fourth-order valence-corrected chi connectivity index (χ4v) is 4.09. The van der Waals surface area contributed by atoms with Crippen molar-refractivity contribution in [3.05, 3.63) is 59.7 Å². The van der Waals surface area contributed by atoms with Gasteiger partial charge in [0.05, 0.1) is 13.7 Å². The number of fused-ring (bicyclic) bond motifs is 1. The van der Waals surface area contributed by atoms with Gasteiger partial charge in [-0.3, -0.25) is 9.69 Å². The summed E-state index contributed by atoms with van der Waals surface area (Å²) in [6.45, 7) is 4.18. The Balaban J connectivity index is 1.23. The van der Waals surface area contributed by atoms with Crippen LogP contribution in [0.15, 0.2) is 48.5 Å². The SMILES string of the molecule is COc1ccc(N2CCN(CC(=O)NC3Cc4ccccc4C3)CC2)cc1. The molecule has 1 heterocycles. The van der Waals surface area contributed by atoms with Gasteiger partial charge >= 0.3 is 0 Å². The molecule has 0 saturated carbocycles. The number of anilines is 1. The maximum Gasteiger partial charge on any atom is 0.234 e. The van der Waals surface area contributed by atoms with Crippen LogP contribution in [0.4, 0.5) is 5.69 Å². The van der Waals surface area contributed by atoms with Gasteiger partial charge < -0.3 is 15.0 Å². The average Bonchev–Trinajstić information content (AvgIpc) is 3.10. The van der Waals surface area contributed by atoms with E-state index in [2.05, 4.69) is 51.5 Å². The van der Waals surface area contributed by atoms with E-state index >= 15 is 0 Å². The Labute approximate surface area is 160 Å². The van der Waals surface area contributed by atoms with Gasteiger partial charge in [-0.15, -0.1) is 0 Å². The van der Waals surface area contributed by atoms with Gasteiger partial charge in [-0.25, -0.2) is 0 Å². The van der Waals surface area contributed by atoms with Crippen LogP contribution in [0.3, 0.4) is 0 Å². The summed E-state index contributed by atoms with van der Waals surface area (Å²) in [7, 11) is 1.68. The molecule has 0 unspecified atom stereocenters. The number of hydrogen-bond acceptors (Lipinski definition) is 4. The van der Waals surface area contributed by atoms with E-state index in [0.29, 0.717) is 6.54 Å². The molecular formula is C22H27N3O2. The summed E-state index contributed by atoms with van der Waals surface area (Å²) in [6, 6.07) is 16.9. The molecule has 1 N–H and O–H groups in total. The zero-order valence-electron chi connectivity index (χ0n) is 15.9. The van der Waals surface area contributed by atoms with E-state index in [0.717, 1.165) is 44.8 Å². The van der Waals surface area contributed by atoms with Crippen LogP contribution in [0.2, 0.25) is 0 Å².